The smallest absolute Gasteiger partial charge is 0.240 e. The molecule has 1 unspecified atom stereocenters. The van der Waals surface area contributed by atoms with Crippen LogP contribution in [0.4, 0.5) is 5.69 Å². The lowest BCUT2D eigenvalue weighted by Crippen LogP contribution is -2.39. The van der Waals surface area contributed by atoms with Crippen LogP contribution in [0, 0.1) is 0 Å². The fraction of sp³-hybridized carbons (Fsp3) is 0.217. The average Bonchev–Trinajstić information content (AvgIpc) is 3.12. The second-order valence-corrected chi connectivity index (χ2v) is 7.48. The van der Waals surface area contributed by atoms with Crippen molar-refractivity contribution in [2.45, 2.75) is 13.2 Å². The van der Waals surface area contributed by atoms with E-state index in [-0.39, 0.29) is 0 Å². The molecule has 2 aromatic carbocycles. The highest BCUT2D eigenvalue weighted by atomic mass is 16.5. The normalized spacial score (nSPS) is 18.7. The van der Waals surface area contributed by atoms with Crippen molar-refractivity contribution < 1.29 is 4.74 Å². The van der Waals surface area contributed by atoms with E-state index in [2.05, 4.69) is 17.0 Å². The number of nitrogens with zero attached hydrogens (tertiary/aromatic N) is 4. The molecular formula is C23H26N6O. The quantitative estimate of drug-likeness (QED) is 0.803. The van der Waals surface area contributed by atoms with Crippen LogP contribution in [0.15, 0.2) is 88.5 Å². The molecule has 2 aliphatic heterocycles. The summed E-state index contributed by atoms with van der Waals surface area (Å²) in [6.07, 6.45) is -0.484. The minimum absolute atomic E-state index is 0.484. The van der Waals surface area contributed by atoms with Gasteiger partial charge in [-0.1, -0.05) is 36.9 Å². The van der Waals surface area contributed by atoms with Crippen molar-refractivity contribution in [2.75, 3.05) is 26.0 Å². The van der Waals surface area contributed by atoms with Crippen molar-refractivity contribution in [1.29, 1.82) is 0 Å². The van der Waals surface area contributed by atoms with Gasteiger partial charge in [-0.3, -0.25) is 5.01 Å². The Labute approximate surface area is 176 Å². The van der Waals surface area contributed by atoms with E-state index in [0.717, 1.165) is 28.2 Å². The third kappa shape index (κ3) is 3.87. The van der Waals surface area contributed by atoms with Gasteiger partial charge in [-0.25, -0.2) is 4.99 Å². The summed E-state index contributed by atoms with van der Waals surface area (Å²) in [6, 6.07) is 17.9. The van der Waals surface area contributed by atoms with Crippen molar-refractivity contribution in [3.63, 3.8) is 0 Å². The van der Waals surface area contributed by atoms with Gasteiger partial charge in [0.05, 0.1) is 12.3 Å². The van der Waals surface area contributed by atoms with Crippen LogP contribution in [0.1, 0.15) is 18.1 Å². The van der Waals surface area contributed by atoms with E-state index in [1.165, 1.54) is 0 Å². The van der Waals surface area contributed by atoms with Gasteiger partial charge in [0.15, 0.2) is 0 Å². The lowest BCUT2D eigenvalue weighted by molar-refractivity contribution is 0.106. The highest BCUT2D eigenvalue weighted by Gasteiger charge is 2.34. The molecule has 0 fully saturated rings. The number of hydrogen-bond acceptors (Lipinski definition) is 7. The molecule has 0 saturated carbocycles. The predicted octanol–water partition coefficient (Wildman–Crippen LogP) is 3.14. The van der Waals surface area contributed by atoms with Crippen LogP contribution in [0.25, 0.3) is 0 Å². The van der Waals surface area contributed by atoms with Crippen LogP contribution >= 0.6 is 0 Å². The van der Waals surface area contributed by atoms with Crippen molar-refractivity contribution in [3.05, 3.63) is 89.5 Å². The molecule has 2 aliphatic rings. The summed E-state index contributed by atoms with van der Waals surface area (Å²) in [4.78, 5) is 6.87. The first-order chi connectivity index (χ1) is 14.4. The van der Waals surface area contributed by atoms with E-state index in [1.54, 1.807) is 5.01 Å². The zero-order valence-corrected chi connectivity index (χ0v) is 17.5. The first-order valence-corrected chi connectivity index (χ1v) is 9.77. The molecule has 2 heterocycles. The Hall–Kier alpha value is -3.74. The van der Waals surface area contributed by atoms with Crippen molar-refractivity contribution in [3.8, 4) is 0 Å². The summed E-state index contributed by atoms with van der Waals surface area (Å²) in [5.74, 6) is 1.14. The van der Waals surface area contributed by atoms with Crippen molar-refractivity contribution in [1.82, 2.24) is 9.91 Å². The second-order valence-electron chi connectivity index (χ2n) is 7.48. The fourth-order valence-electron chi connectivity index (χ4n) is 3.41. The molecule has 2 aromatic rings. The van der Waals surface area contributed by atoms with Gasteiger partial charge in [-0.15, -0.1) is 5.10 Å². The zero-order chi connectivity index (χ0) is 21.3. The summed E-state index contributed by atoms with van der Waals surface area (Å²) in [6.45, 7) is 6.42. The molecule has 0 bridgehead atoms. The molecule has 4 rings (SSSR count). The van der Waals surface area contributed by atoms with Gasteiger partial charge in [0, 0.05) is 31.0 Å². The molecule has 7 nitrogen and oxygen atoms in total. The average molecular weight is 403 g/mol. The van der Waals surface area contributed by atoms with Crippen LogP contribution in [-0.2, 0) is 4.74 Å². The lowest BCUT2D eigenvalue weighted by Gasteiger charge is -2.30. The minimum atomic E-state index is -0.484. The van der Waals surface area contributed by atoms with Gasteiger partial charge >= 0.3 is 0 Å². The molecule has 0 aliphatic carbocycles. The Morgan fingerprint density at radius 2 is 1.80 bits per heavy atom. The van der Waals surface area contributed by atoms with Crippen molar-refractivity contribution in [2.24, 2.45) is 15.8 Å². The maximum Gasteiger partial charge on any atom is 0.240 e. The van der Waals surface area contributed by atoms with Crippen LogP contribution in [0.5, 0.6) is 0 Å². The number of rotatable bonds is 5. The van der Waals surface area contributed by atoms with E-state index in [1.807, 2.05) is 80.5 Å². The molecule has 0 saturated heterocycles. The molecule has 0 amide bonds. The summed E-state index contributed by atoms with van der Waals surface area (Å²) >= 11 is 0. The Balaban J connectivity index is 1.60. The number of benzene rings is 2. The molecular weight excluding hydrogens is 376 g/mol. The number of hydrogen-bond donors (Lipinski definition) is 2. The summed E-state index contributed by atoms with van der Waals surface area (Å²) in [5.41, 5.74) is 11.8. The predicted molar refractivity (Wildman–Crippen MR) is 121 cm³/mol. The third-order valence-electron chi connectivity index (χ3n) is 4.96. The number of allylic oxidation sites excluding steroid dienone is 1. The Morgan fingerprint density at radius 1 is 1.10 bits per heavy atom. The number of hydrazone groups is 1. The number of ether oxygens (including phenoxy) is 1. The minimum Gasteiger partial charge on any atom is -0.444 e. The molecule has 0 aromatic heterocycles. The highest BCUT2D eigenvalue weighted by molar-refractivity contribution is 6.03. The first-order valence-electron chi connectivity index (χ1n) is 9.77. The highest BCUT2D eigenvalue weighted by Crippen LogP contribution is 2.27. The SMILES string of the molecule is C=C(C)Nc1ccc(C2=NC(C3OC(c4ccccc4)=NN3C)=C(N)N(C)C2)cc1. The topological polar surface area (TPSA) is 78.5 Å². The monoisotopic (exact) mass is 402 g/mol. The largest absolute Gasteiger partial charge is 0.444 e. The van der Waals surface area contributed by atoms with Gasteiger partial charge in [0.25, 0.3) is 0 Å². The fourth-order valence-corrected chi connectivity index (χ4v) is 3.41. The Bertz CT molecular complexity index is 1040. The maximum atomic E-state index is 6.39. The number of nitrogens with one attached hydrogen (secondary N) is 1. The summed E-state index contributed by atoms with van der Waals surface area (Å²) < 4.78 is 6.15. The lowest BCUT2D eigenvalue weighted by atomic mass is 10.1. The zero-order valence-electron chi connectivity index (χ0n) is 17.5. The maximum absolute atomic E-state index is 6.39. The van der Waals surface area contributed by atoms with Crippen LogP contribution < -0.4 is 11.1 Å². The van der Waals surface area contributed by atoms with Crippen molar-refractivity contribution >= 4 is 17.3 Å². The van der Waals surface area contributed by atoms with Crippen LogP contribution in [-0.4, -0.2) is 48.4 Å². The molecule has 154 valence electrons. The standard InChI is InChI=1S/C23H26N6O/c1-15(2)25-18-12-10-16(11-13-18)19-14-28(3)21(24)20(26-19)23-29(4)27-22(30-23)17-8-6-5-7-9-17/h5-13,23,25H,1,14,24H2,2-4H3. The second kappa shape index (κ2) is 7.94. The number of anilines is 1. The summed E-state index contributed by atoms with van der Waals surface area (Å²) in [5, 5.41) is 9.51. The molecule has 0 radical (unpaired) electrons. The molecule has 30 heavy (non-hydrogen) atoms. The number of likely N-dealkylation sites (N-methyl/N-ethyl adjacent to an activating group) is 2. The van der Waals surface area contributed by atoms with Gasteiger partial charge in [0.2, 0.25) is 12.1 Å². The van der Waals surface area contributed by atoms with Gasteiger partial charge in [-0.05, 0) is 36.8 Å². The van der Waals surface area contributed by atoms with Gasteiger partial charge in [-0.2, -0.15) is 0 Å². The Morgan fingerprint density at radius 3 is 2.47 bits per heavy atom. The first kappa shape index (κ1) is 19.6. The van der Waals surface area contributed by atoms with Crippen LogP contribution in [0.2, 0.25) is 0 Å². The molecule has 3 N–H and O–H groups in total. The molecule has 0 spiro atoms. The summed E-state index contributed by atoms with van der Waals surface area (Å²) in [7, 11) is 3.82. The van der Waals surface area contributed by atoms with E-state index >= 15 is 0 Å². The van der Waals surface area contributed by atoms with E-state index in [0.29, 0.717) is 24.0 Å². The van der Waals surface area contributed by atoms with E-state index < -0.39 is 6.23 Å². The molecule has 1 atom stereocenters. The van der Waals surface area contributed by atoms with Crippen LogP contribution in [0.3, 0.4) is 0 Å². The molecule has 7 heteroatoms. The number of aliphatic imine (C=N–C) groups is 1. The van der Waals surface area contributed by atoms with E-state index in [4.69, 9.17) is 15.5 Å². The third-order valence-corrected chi connectivity index (χ3v) is 4.96. The van der Waals surface area contributed by atoms with Gasteiger partial charge in [0.1, 0.15) is 11.5 Å². The van der Waals surface area contributed by atoms with Gasteiger partial charge < -0.3 is 20.7 Å². The number of nitrogens with two attached hydrogens (primary N) is 1. The van der Waals surface area contributed by atoms with E-state index in [9.17, 15) is 0 Å². The Kier molecular flexibility index (Phi) is 5.18.